The molecule has 1 aliphatic rings. The molecule has 7 heteroatoms. The van der Waals surface area contributed by atoms with Gasteiger partial charge in [0.1, 0.15) is 13.7 Å². The van der Waals surface area contributed by atoms with Gasteiger partial charge in [-0.15, -0.1) is 0 Å². The number of nitrogens with one attached hydrogen (secondary N) is 1. The second-order valence-electron chi connectivity index (χ2n) is 9.60. The first kappa shape index (κ1) is 23.8. The predicted octanol–water partition coefficient (Wildman–Crippen LogP) is 5.59. The van der Waals surface area contributed by atoms with Gasteiger partial charge >= 0.3 is 0 Å². The Morgan fingerprint density at radius 3 is 2.35 bits per heavy atom. The Bertz CT molecular complexity index is 1510. The van der Waals surface area contributed by atoms with Crippen LogP contribution in [0.4, 0.5) is 5.82 Å². The molecule has 0 unspecified atom stereocenters. The highest BCUT2D eigenvalue weighted by molar-refractivity contribution is 6.36. The summed E-state index contributed by atoms with van der Waals surface area (Å²) < 4.78 is 1.79. The molecule has 5 aromatic rings. The van der Waals surface area contributed by atoms with Crippen LogP contribution < -0.4 is 10.8 Å². The van der Waals surface area contributed by atoms with Crippen LogP contribution in [0, 0.1) is 0 Å². The minimum absolute atomic E-state index is 0.340. The summed E-state index contributed by atoms with van der Waals surface area (Å²) in [5.74, 6) is 0.881. The Kier molecular flexibility index (Phi) is 6.69. The van der Waals surface area contributed by atoms with Crippen LogP contribution in [0.15, 0.2) is 91.1 Å². The third kappa shape index (κ3) is 5.13. The number of hydrogen-bond donors (Lipinski definition) is 1. The van der Waals surface area contributed by atoms with Crippen LogP contribution >= 0.6 is 11.6 Å². The fraction of sp³-hybridized carbons (Fsp3) is 0.200. The van der Waals surface area contributed by atoms with Gasteiger partial charge in [0.25, 0.3) is 0 Å². The van der Waals surface area contributed by atoms with Crippen LogP contribution in [0.25, 0.3) is 28.0 Å². The van der Waals surface area contributed by atoms with E-state index in [2.05, 4.69) is 69.9 Å². The largest absolute Gasteiger partial charge is 0.367 e. The lowest BCUT2D eigenvalue weighted by Crippen LogP contribution is -2.39. The molecule has 1 aliphatic heterocycles. The van der Waals surface area contributed by atoms with Gasteiger partial charge in [0.15, 0.2) is 5.65 Å². The maximum Gasteiger partial charge on any atom is 0.150 e. The monoisotopic (exact) mass is 503 g/mol. The van der Waals surface area contributed by atoms with Gasteiger partial charge in [-0.05, 0) is 41.1 Å². The molecule has 37 heavy (non-hydrogen) atoms. The van der Waals surface area contributed by atoms with Crippen molar-refractivity contribution in [3.05, 3.63) is 102 Å². The van der Waals surface area contributed by atoms with Crippen molar-refractivity contribution in [2.45, 2.75) is 25.4 Å². The fourth-order valence-electron chi connectivity index (χ4n) is 5.03. The zero-order valence-electron chi connectivity index (χ0n) is 20.5. The highest BCUT2D eigenvalue weighted by atomic mass is 35.5. The van der Waals surface area contributed by atoms with Gasteiger partial charge in [0.05, 0.1) is 5.69 Å². The summed E-state index contributed by atoms with van der Waals surface area (Å²) in [7, 11) is 6.18. The molecular formula is C30H27BClN5. The van der Waals surface area contributed by atoms with E-state index in [1.165, 1.54) is 16.7 Å². The first-order chi connectivity index (χ1) is 18.1. The van der Waals surface area contributed by atoms with E-state index in [1.54, 1.807) is 10.7 Å². The number of nitrogens with zero attached hydrogens (tertiary/aromatic N) is 4. The molecule has 1 fully saturated rings. The number of hydrogen-bond acceptors (Lipinski definition) is 4. The van der Waals surface area contributed by atoms with Crippen LogP contribution in [0.1, 0.15) is 18.4 Å². The van der Waals surface area contributed by atoms with Crippen LogP contribution in [-0.2, 0) is 6.54 Å². The van der Waals surface area contributed by atoms with Gasteiger partial charge in [-0.25, -0.2) is 4.98 Å². The Labute approximate surface area is 223 Å². The fourth-order valence-corrected chi connectivity index (χ4v) is 5.26. The molecule has 3 aromatic carbocycles. The molecule has 2 aromatic heterocycles. The summed E-state index contributed by atoms with van der Waals surface area (Å²) in [5, 5.41) is 8.84. The summed E-state index contributed by atoms with van der Waals surface area (Å²) in [6, 6.07) is 29.5. The average Bonchev–Trinajstić information content (AvgIpc) is 3.32. The summed E-state index contributed by atoms with van der Waals surface area (Å²) >= 11 is 6.47. The van der Waals surface area contributed by atoms with Crippen molar-refractivity contribution in [2.75, 3.05) is 18.4 Å². The molecule has 0 atom stereocenters. The summed E-state index contributed by atoms with van der Waals surface area (Å²) in [6.07, 6.45) is 3.74. The third-order valence-electron chi connectivity index (χ3n) is 7.06. The molecule has 1 saturated heterocycles. The molecule has 2 radical (unpaired) electrons. The van der Waals surface area contributed by atoms with E-state index in [0.29, 0.717) is 22.2 Å². The van der Waals surface area contributed by atoms with E-state index < -0.39 is 0 Å². The van der Waals surface area contributed by atoms with Crippen LogP contribution in [0.2, 0.25) is 5.02 Å². The van der Waals surface area contributed by atoms with Crippen LogP contribution in [0.3, 0.4) is 0 Å². The van der Waals surface area contributed by atoms with Crippen molar-refractivity contribution >= 4 is 36.4 Å². The predicted molar refractivity (Wildman–Crippen MR) is 153 cm³/mol. The van der Waals surface area contributed by atoms with Crippen molar-refractivity contribution in [2.24, 2.45) is 0 Å². The number of rotatable bonds is 6. The van der Waals surface area contributed by atoms with E-state index >= 15 is 0 Å². The summed E-state index contributed by atoms with van der Waals surface area (Å²) in [6.45, 7) is 3.03. The van der Waals surface area contributed by atoms with Crippen LogP contribution in [0.5, 0.6) is 0 Å². The zero-order valence-corrected chi connectivity index (χ0v) is 21.3. The second-order valence-corrected chi connectivity index (χ2v) is 10.0. The van der Waals surface area contributed by atoms with Gasteiger partial charge in [0, 0.05) is 48.5 Å². The SMILES string of the molecule is [B]c1cnn2c(NC3CCN(Cc4ccc(-c5ccccc5)cc4)CC3)cc(-c3ccccc3Cl)nc12. The molecule has 1 N–H and O–H groups in total. The van der Waals surface area contributed by atoms with Crippen molar-refractivity contribution in [1.82, 2.24) is 19.5 Å². The first-order valence-corrected chi connectivity index (χ1v) is 13.0. The van der Waals surface area contributed by atoms with E-state index in [4.69, 9.17) is 24.4 Å². The molecule has 0 amide bonds. The van der Waals surface area contributed by atoms with E-state index in [0.717, 1.165) is 49.6 Å². The van der Waals surface area contributed by atoms with E-state index in [1.807, 2.05) is 30.3 Å². The number of piperidine rings is 1. The quantitative estimate of drug-likeness (QED) is 0.307. The van der Waals surface area contributed by atoms with E-state index in [-0.39, 0.29) is 0 Å². The standard InChI is InChI=1S/C30H27BClN5/c31-26-19-33-37-29(18-28(35-30(26)37)25-8-4-5-9-27(25)32)34-24-14-16-36(17-15-24)20-21-10-12-23(13-11-21)22-6-2-1-3-7-22/h1-13,18-19,24,34H,14-17,20H2. The number of anilines is 1. The lowest BCUT2D eigenvalue weighted by molar-refractivity contribution is 0.211. The smallest absolute Gasteiger partial charge is 0.150 e. The molecule has 5 nitrogen and oxygen atoms in total. The lowest BCUT2D eigenvalue weighted by atomic mass is 10.0. The molecule has 0 bridgehead atoms. The summed E-state index contributed by atoms with van der Waals surface area (Å²) in [4.78, 5) is 7.27. The average molecular weight is 504 g/mol. The van der Waals surface area contributed by atoms with Gasteiger partial charge in [-0.3, -0.25) is 4.90 Å². The molecule has 6 rings (SSSR count). The minimum Gasteiger partial charge on any atom is -0.367 e. The van der Waals surface area contributed by atoms with Gasteiger partial charge < -0.3 is 5.32 Å². The van der Waals surface area contributed by atoms with Crippen molar-refractivity contribution in [3.63, 3.8) is 0 Å². The Morgan fingerprint density at radius 1 is 0.892 bits per heavy atom. The molecule has 0 spiro atoms. The number of likely N-dealkylation sites (tertiary alicyclic amines) is 1. The third-order valence-corrected chi connectivity index (χ3v) is 7.39. The molecule has 0 saturated carbocycles. The minimum atomic E-state index is 0.340. The van der Waals surface area contributed by atoms with Crippen molar-refractivity contribution in [1.29, 1.82) is 0 Å². The molecule has 182 valence electrons. The molecule has 3 heterocycles. The van der Waals surface area contributed by atoms with Crippen molar-refractivity contribution < 1.29 is 0 Å². The first-order valence-electron chi connectivity index (χ1n) is 12.7. The second kappa shape index (κ2) is 10.4. The topological polar surface area (TPSA) is 45.5 Å². The Hall–Kier alpha value is -3.61. The molecule has 0 aliphatic carbocycles. The molecular weight excluding hydrogens is 477 g/mol. The normalized spacial score (nSPS) is 14.7. The highest BCUT2D eigenvalue weighted by Crippen LogP contribution is 2.29. The Morgan fingerprint density at radius 2 is 1.59 bits per heavy atom. The van der Waals surface area contributed by atoms with Crippen molar-refractivity contribution in [3.8, 4) is 22.4 Å². The van der Waals surface area contributed by atoms with Gasteiger partial charge in [-0.2, -0.15) is 9.61 Å². The zero-order chi connectivity index (χ0) is 25.2. The van der Waals surface area contributed by atoms with Crippen LogP contribution in [-0.4, -0.2) is 46.5 Å². The maximum atomic E-state index is 6.47. The highest BCUT2D eigenvalue weighted by Gasteiger charge is 2.21. The van der Waals surface area contributed by atoms with Gasteiger partial charge in [-0.1, -0.05) is 84.4 Å². The maximum absolute atomic E-state index is 6.47. The summed E-state index contributed by atoms with van der Waals surface area (Å²) in [5.41, 5.74) is 6.70. The number of aromatic nitrogens is 3. The Balaban J connectivity index is 1.13. The number of benzene rings is 3. The lowest BCUT2D eigenvalue weighted by Gasteiger charge is -2.33. The number of halogens is 1. The number of fused-ring (bicyclic) bond motifs is 1. The van der Waals surface area contributed by atoms with E-state index in [9.17, 15) is 0 Å². The van der Waals surface area contributed by atoms with Gasteiger partial charge in [0.2, 0.25) is 0 Å².